The predicted molar refractivity (Wildman–Crippen MR) is 102 cm³/mol. The summed E-state index contributed by atoms with van der Waals surface area (Å²) in [6, 6.07) is 18.1. The Morgan fingerprint density at radius 2 is 2.00 bits per heavy atom. The number of hydrogen-bond donors (Lipinski definition) is 1. The molecule has 0 spiro atoms. The van der Waals surface area contributed by atoms with E-state index >= 15 is 0 Å². The topological polar surface area (TPSA) is 71.6 Å². The maximum atomic E-state index is 9.58. The lowest BCUT2D eigenvalue weighted by Crippen LogP contribution is -2.06. The fourth-order valence-electron chi connectivity index (χ4n) is 3.47. The van der Waals surface area contributed by atoms with E-state index in [1.165, 1.54) is 0 Å². The Morgan fingerprint density at radius 1 is 1.15 bits per heavy atom. The Hall–Kier alpha value is -3.72. The average Bonchev–Trinajstić information content (AvgIpc) is 3.30. The monoisotopic (exact) mass is 356 g/mol. The van der Waals surface area contributed by atoms with Crippen LogP contribution in [-0.2, 0) is 6.54 Å². The van der Waals surface area contributed by atoms with Crippen LogP contribution in [0.1, 0.15) is 16.7 Å². The summed E-state index contributed by atoms with van der Waals surface area (Å²) in [5.41, 5.74) is 5.09. The van der Waals surface area contributed by atoms with Crippen molar-refractivity contribution in [2.75, 3.05) is 12.1 Å². The van der Waals surface area contributed by atoms with E-state index in [1.54, 1.807) is 0 Å². The van der Waals surface area contributed by atoms with Crippen LogP contribution in [0.2, 0.25) is 0 Å². The van der Waals surface area contributed by atoms with Gasteiger partial charge in [0.2, 0.25) is 6.79 Å². The van der Waals surface area contributed by atoms with Crippen LogP contribution >= 0.6 is 0 Å². The van der Waals surface area contributed by atoms with Crippen LogP contribution in [0.3, 0.4) is 0 Å². The lowest BCUT2D eigenvalue weighted by atomic mass is 10.1. The van der Waals surface area contributed by atoms with Gasteiger partial charge in [-0.25, -0.2) is 4.98 Å². The number of para-hydroxylation sites is 2. The Bertz CT molecular complexity index is 1240. The van der Waals surface area contributed by atoms with Crippen LogP contribution in [0.4, 0.5) is 5.82 Å². The second-order valence-electron chi connectivity index (χ2n) is 6.50. The summed E-state index contributed by atoms with van der Waals surface area (Å²) in [7, 11) is 0. The molecule has 0 amide bonds. The quantitative estimate of drug-likeness (QED) is 0.600. The SMILES string of the molecule is Cc1cc(NCc2ccc3c(c2)OCO3)n2c(nc3ccccc32)c1C#N. The lowest BCUT2D eigenvalue weighted by molar-refractivity contribution is 0.174. The van der Waals surface area contributed by atoms with Crippen molar-refractivity contribution >= 4 is 22.5 Å². The first kappa shape index (κ1) is 15.5. The highest BCUT2D eigenvalue weighted by atomic mass is 16.7. The first-order valence-electron chi connectivity index (χ1n) is 8.68. The molecule has 2 aromatic heterocycles. The number of rotatable bonds is 3. The summed E-state index contributed by atoms with van der Waals surface area (Å²) >= 11 is 0. The molecule has 0 atom stereocenters. The molecule has 0 bridgehead atoms. The lowest BCUT2D eigenvalue weighted by Gasteiger charge is -2.13. The minimum Gasteiger partial charge on any atom is -0.454 e. The van der Waals surface area contributed by atoms with Gasteiger partial charge in [-0.1, -0.05) is 18.2 Å². The number of anilines is 1. The molecule has 0 saturated heterocycles. The number of aromatic nitrogens is 2. The minimum absolute atomic E-state index is 0.267. The molecule has 6 heteroatoms. The molecule has 2 aromatic carbocycles. The first-order valence-corrected chi connectivity index (χ1v) is 8.68. The normalized spacial score (nSPS) is 12.4. The van der Waals surface area contributed by atoms with Crippen molar-refractivity contribution in [2.24, 2.45) is 0 Å². The molecule has 0 aliphatic carbocycles. The third-order valence-corrected chi connectivity index (χ3v) is 4.80. The average molecular weight is 356 g/mol. The number of ether oxygens (including phenoxy) is 2. The van der Waals surface area contributed by atoms with Crippen LogP contribution in [0.15, 0.2) is 48.5 Å². The van der Waals surface area contributed by atoms with E-state index in [4.69, 9.17) is 9.47 Å². The molecular weight excluding hydrogens is 340 g/mol. The summed E-state index contributed by atoms with van der Waals surface area (Å²) in [6.45, 7) is 2.82. The highest BCUT2D eigenvalue weighted by molar-refractivity contribution is 5.85. The molecule has 132 valence electrons. The zero-order valence-corrected chi connectivity index (χ0v) is 14.7. The first-order chi connectivity index (χ1) is 13.2. The highest BCUT2D eigenvalue weighted by Gasteiger charge is 2.16. The van der Waals surface area contributed by atoms with Crippen LogP contribution < -0.4 is 14.8 Å². The number of hydrogen-bond acceptors (Lipinski definition) is 5. The number of imidazole rings is 1. The Kier molecular flexibility index (Phi) is 3.41. The molecule has 1 N–H and O–H groups in total. The summed E-state index contributed by atoms with van der Waals surface area (Å²) < 4.78 is 12.8. The van der Waals surface area contributed by atoms with Crippen molar-refractivity contribution in [1.29, 1.82) is 5.26 Å². The summed E-state index contributed by atoms with van der Waals surface area (Å²) in [6.07, 6.45) is 0. The van der Waals surface area contributed by atoms with Gasteiger partial charge in [-0.15, -0.1) is 0 Å². The number of nitriles is 1. The summed E-state index contributed by atoms with van der Waals surface area (Å²) in [4.78, 5) is 4.67. The van der Waals surface area contributed by atoms with Gasteiger partial charge in [0.1, 0.15) is 11.9 Å². The third kappa shape index (κ3) is 2.44. The fraction of sp³-hybridized carbons (Fsp3) is 0.143. The molecule has 0 fully saturated rings. The molecule has 1 aliphatic heterocycles. The predicted octanol–water partition coefficient (Wildman–Crippen LogP) is 4.01. The summed E-state index contributed by atoms with van der Waals surface area (Å²) in [5, 5.41) is 13.1. The van der Waals surface area contributed by atoms with Crippen LogP contribution in [0, 0.1) is 18.3 Å². The van der Waals surface area contributed by atoms with Gasteiger partial charge in [0.15, 0.2) is 17.1 Å². The number of benzene rings is 2. The van der Waals surface area contributed by atoms with E-state index in [9.17, 15) is 5.26 Å². The molecule has 0 saturated carbocycles. The second-order valence-corrected chi connectivity index (χ2v) is 6.50. The molecule has 6 nitrogen and oxygen atoms in total. The van der Waals surface area contributed by atoms with Crippen LogP contribution in [-0.4, -0.2) is 16.2 Å². The van der Waals surface area contributed by atoms with Gasteiger partial charge in [-0.2, -0.15) is 5.26 Å². The molecule has 4 aromatic rings. The van der Waals surface area contributed by atoms with Crippen molar-refractivity contribution in [3.8, 4) is 17.6 Å². The Balaban J connectivity index is 1.59. The Labute approximate surface area is 155 Å². The molecule has 3 heterocycles. The van der Waals surface area contributed by atoms with E-state index in [0.29, 0.717) is 17.8 Å². The van der Waals surface area contributed by atoms with Gasteiger partial charge in [0, 0.05) is 6.54 Å². The Morgan fingerprint density at radius 3 is 2.89 bits per heavy atom. The van der Waals surface area contributed by atoms with E-state index in [1.807, 2.05) is 59.9 Å². The number of aryl methyl sites for hydroxylation is 1. The zero-order valence-electron chi connectivity index (χ0n) is 14.7. The summed E-state index contributed by atoms with van der Waals surface area (Å²) in [5.74, 6) is 2.44. The van der Waals surface area contributed by atoms with Gasteiger partial charge in [-0.05, 0) is 48.4 Å². The minimum atomic E-state index is 0.267. The van der Waals surface area contributed by atoms with Gasteiger partial charge >= 0.3 is 0 Å². The van der Waals surface area contributed by atoms with Gasteiger partial charge in [0.25, 0.3) is 0 Å². The van der Waals surface area contributed by atoms with E-state index in [0.717, 1.165) is 39.5 Å². The van der Waals surface area contributed by atoms with Gasteiger partial charge in [-0.3, -0.25) is 4.40 Å². The molecule has 0 unspecified atom stereocenters. The van der Waals surface area contributed by atoms with Gasteiger partial charge in [0.05, 0.1) is 16.6 Å². The van der Waals surface area contributed by atoms with Crippen molar-refractivity contribution in [1.82, 2.24) is 9.38 Å². The molecule has 1 aliphatic rings. The molecule has 0 radical (unpaired) electrons. The van der Waals surface area contributed by atoms with Crippen LogP contribution in [0.5, 0.6) is 11.5 Å². The molecular formula is C21H16N4O2. The standard InChI is InChI=1S/C21H16N4O2/c1-13-8-20(23-11-14-6-7-18-19(9-14)27-12-26-18)25-17-5-3-2-4-16(17)24-21(25)15(13)10-22/h2-9,23H,11-12H2,1H3. The maximum Gasteiger partial charge on any atom is 0.231 e. The van der Waals surface area contributed by atoms with Gasteiger partial charge < -0.3 is 14.8 Å². The van der Waals surface area contributed by atoms with E-state index in [2.05, 4.69) is 16.4 Å². The maximum absolute atomic E-state index is 9.58. The number of nitrogens with one attached hydrogen (secondary N) is 1. The van der Waals surface area contributed by atoms with Crippen LogP contribution in [0.25, 0.3) is 16.7 Å². The van der Waals surface area contributed by atoms with Crippen molar-refractivity contribution in [3.63, 3.8) is 0 Å². The molecule has 27 heavy (non-hydrogen) atoms. The van der Waals surface area contributed by atoms with E-state index in [-0.39, 0.29) is 6.79 Å². The molecule has 5 rings (SSSR count). The second kappa shape index (κ2) is 5.92. The fourth-order valence-corrected chi connectivity index (χ4v) is 3.47. The smallest absolute Gasteiger partial charge is 0.231 e. The number of nitrogens with zero attached hydrogens (tertiary/aromatic N) is 3. The van der Waals surface area contributed by atoms with Crippen molar-refractivity contribution < 1.29 is 9.47 Å². The van der Waals surface area contributed by atoms with Crippen molar-refractivity contribution in [3.05, 3.63) is 65.2 Å². The highest BCUT2D eigenvalue weighted by Crippen LogP contribution is 2.33. The number of fused-ring (bicyclic) bond motifs is 4. The largest absolute Gasteiger partial charge is 0.454 e. The number of pyridine rings is 1. The van der Waals surface area contributed by atoms with E-state index < -0.39 is 0 Å². The third-order valence-electron chi connectivity index (χ3n) is 4.80. The van der Waals surface area contributed by atoms with Crippen molar-refractivity contribution in [2.45, 2.75) is 13.5 Å². The zero-order chi connectivity index (χ0) is 18.4.